The van der Waals surface area contributed by atoms with E-state index in [-0.39, 0.29) is 13.0 Å². The van der Waals surface area contributed by atoms with E-state index >= 15 is 0 Å². The zero-order valence-corrected chi connectivity index (χ0v) is 7.55. The number of hydrogen-bond donors (Lipinski definition) is 3. The minimum atomic E-state index is -1.01. The average Bonchev–Trinajstić information content (AvgIpc) is 2.15. The fourth-order valence-electron chi connectivity index (χ4n) is 0.963. The summed E-state index contributed by atoms with van der Waals surface area (Å²) in [5.74, 6) is -0.391. The van der Waals surface area contributed by atoms with Crippen LogP contribution in [0.25, 0.3) is 0 Å². The number of aromatic nitrogens is 1. The van der Waals surface area contributed by atoms with Crippen molar-refractivity contribution in [3.63, 3.8) is 0 Å². The van der Waals surface area contributed by atoms with Crippen LogP contribution in [-0.2, 0) is 4.79 Å². The Labute approximate surface area is 81.4 Å². The Balaban J connectivity index is 2.30. The molecule has 0 spiro atoms. The first-order chi connectivity index (χ1) is 6.68. The number of aliphatic hydroxyl groups excluding tert-OH is 1. The maximum Gasteiger partial charge on any atom is 0.306 e. The van der Waals surface area contributed by atoms with Crippen molar-refractivity contribution in [2.24, 2.45) is 0 Å². The molecule has 0 aliphatic carbocycles. The normalized spacial score (nSPS) is 12.1. The molecule has 5 heteroatoms. The number of anilines is 1. The number of pyridine rings is 1. The van der Waals surface area contributed by atoms with E-state index in [0.29, 0.717) is 5.82 Å². The molecule has 0 bridgehead atoms. The van der Waals surface area contributed by atoms with Crippen molar-refractivity contribution in [3.8, 4) is 0 Å². The van der Waals surface area contributed by atoms with Gasteiger partial charge < -0.3 is 15.5 Å². The largest absolute Gasteiger partial charge is 0.481 e. The third-order valence-electron chi connectivity index (χ3n) is 1.59. The first-order valence-corrected chi connectivity index (χ1v) is 4.23. The highest BCUT2D eigenvalue weighted by Crippen LogP contribution is 2.00. The van der Waals surface area contributed by atoms with Gasteiger partial charge >= 0.3 is 5.97 Å². The summed E-state index contributed by atoms with van der Waals surface area (Å²) in [5.41, 5.74) is 0. The van der Waals surface area contributed by atoms with Crippen LogP contribution >= 0.6 is 0 Å². The molecule has 0 aliphatic heterocycles. The number of carbonyl (C=O) groups is 1. The molecule has 1 aromatic rings. The topological polar surface area (TPSA) is 82.5 Å². The number of hydrogen-bond acceptors (Lipinski definition) is 4. The van der Waals surface area contributed by atoms with Gasteiger partial charge in [0.25, 0.3) is 0 Å². The van der Waals surface area contributed by atoms with Crippen LogP contribution in [0.3, 0.4) is 0 Å². The zero-order valence-electron chi connectivity index (χ0n) is 7.55. The van der Waals surface area contributed by atoms with Gasteiger partial charge in [-0.25, -0.2) is 4.98 Å². The number of carboxylic acid groups (broad SMARTS) is 1. The molecule has 0 radical (unpaired) electrons. The maximum absolute atomic E-state index is 10.2. The Morgan fingerprint density at radius 2 is 2.36 bits per heavy atom. The fourth-order valence-corrected chi connectivity index (χ4v) is 0.963. The lowest BCUT2D eigenvalue weighted by Gasteiger charge is -2.09. The summed E-state index contributed by atoms with van der Waals surface area (Å²) in [6, 6.07) is 5.32. The molecule has 0 saturated heterocycles. The van der Waals surface area contributed by atoms with E-state index in [1.54, 1.807) is 24.4 Å². The summed E-state index contributed by atoms with van der Waals surface area (Å²) in [6.07, 6.45) is 0.459. The van der Waals surface area contributed by atoms with Crippen molar-refractivity contribution in [1.82, 2.24) is 4.98 Å². The van der Waals surface area contributed by atoms with Gasteiger partial charge in [0.1, 0.15) is 5.82 Å². The Hall–Kier alpha value is -1.62. The predicted molar refractivity (Wildman–Crippen MR) is 51.0 cm³/mol. The lowest BCUT2D eigenvalue weighted by atomic mass is 10.2. The quantitative estimate of drug-likeness (QED) is 0.632. The van der Waals surface area contributed by atoms with Crippen LogP contribution in [0.15, 0.2) is 24.4 Å². The van der Waals surface area contributed by atoms with Crippen molar-refractivity contribution >= 4 is 11.8 Å². The summed E-state index contributed by atoms with van der Waals surface area (Å²) in [5, 5.41) is 20.4. The van der Waals surface area contributed by atoms with Crippen LogP contribution in [0.2, 0.25) is 0 Å². The van der Waals surface area contributed by atoms with E-state index in [2.05, 4.69) is 10.3 Å². The van der Waals surface area contributed by atoms with Crippen molar-refractivity contribution < 1.29 is 15.0 Å². The molecule has 1 aromatic heterocycles. The van der Waals surface area contributed by atoms with E-state index < -0.39 is 12.1 Å². The molecule has 0 fully saturated rings. The molecule has 1 heterocycles. The van der Waals surface area contributed by atoms with Gasteiger partial charge in [0.15, 0.2) is 0 Å². The summed E-state index contributed by atoms with van der Waals surface area (Å²) >= 11 is 0. The highest BCUT2D eigenvalue weighted by atomic mass is 16.4. The van der Waals surface area contributed by atoms with E-state index in [9.17, 15) is 9.90 Å². The van der Waals surface area contributed by atoms with Gasteiger partial charge in [-0.1, -0.05) is 6.07 Å². The Bertz CT molecular complexity index is 289. The molecule has 5 nitrogen and oxygen atoms in total. The van der Waals surface area contributed by atoms with Crippen molar-refractivity contribution in [3.05, 3.63) is 24.4 Å². The van der Waals surface area contributed by atoms with Crippen molar-refractivity contribution in [1.29, 1.82) is 0 Å². The minimum absolute atomic E-state index is 0.184. The first kappa shape index (κ1) is 10.5. The molecule has 14 heavy (non-hydrogen) atoms. The molecule has 0 aromatic carbocycles. The van der Waals surface area contributed by atoms with Gasteiger partial charge in [-0.05, 0) is 12.1 Å². The van der Waals surface area contributed by atoms with Gasteiger partial charge in [0.2, 0.25) is 0 Å². The second-order valence-electron chi connectivity index (χ2n) is 2.85. The van der Waals surface area contributed by atoms with Gasteiger partial charge in [-0.2, -0.15) is 0 Å². The number of nitrogens with one attached hydrogen (secondary N) is 1. The van der Waals surface area contributed by atoms with Gasteiger partial charge in [0, 0.05) is 12.7 Å². The summed E-state index contributed by atoms with van der Waals surface area (Å²) in [7, 11) is 0. The van der Waals surface area contributed by atoms with E-state index in [4.69, 9.17) is 5.11 Å². The Kier molecular flexibility index (Phi) is 3.87. The van der Waals surface area contributed by atoms with Crippen molar-refractivity contribution in [2.45, 2.75) is 12.5 Å². The second-order valence-corrected chi connectivity index (χ2v) is 2.85. The third kappa shape index (κ3) is 3.86. The summed E-state index contributed by atoms with van der Waals surface area (Å²) in [4.78, 5) is 14.2. The monoisotopic (exact) mass is 196 g/mol. The number of aliphatic hydroxyl groups is 1. The molecular formula is C9H12N2O3. The number of aliphatic carboxylic acids is 1. The number of nitrogens with zero attached hydrogens (tertiary/aromatic N) is 1. The second kappa shape index (κ2) is 5.18. The Morgan fingerprint density at radius 1 is 1.57 bits per heavy atom. The molecule has 1 atom stereocenters. The van der Waals surface area contributed by atoms with Crippen LogP contribution in [-0.4, -0.2) is 33.8 Å². The van der Waals surface area contributed by atoms with E-state index in [1.807, 2.05) is 0 Å². The lowest BCUT2D eigenvalue weighted by molar-refractivity contribution is -0.138. The Morgan fingerprint density at radius 3 is 2.93 bits per heavy atom. The molecule has 0 aliphatic rings. The molecule has 0 saturated carbocycles. The molecule has 0 amide bonds. The number of carboxylic acids is 1. The van der Waals surface area contributed by atoms with Crippen LogP contribution in [0.5, 0.6) is 0 Å². The minimum Gasteiger partial charge on any atom is -0.481 e. The van der Waals surface area contributed by atoms with Crippen LogP contribution in [0.1, 0.15) is 6.42 Å². The highest BCUT2D eigenvalue weighted by Gasteiger charge is 2.08. The first-order valence-electron chi connectivity index (χ1n) is 4.23. The zero-order chi connectivity index (χ0) is 10.4. The van der Waals surface area contributed by atoms with Crippen LogP contribution < -0.4 is 5.32 Å². The smallest absolute Gasteiger partial charge is 0.306 e. The number of rotatable bonds is 5. The van der Waals surface area contributed by atoms with Gasteiger partial charge in [-0.15, -0.1) is 0 Å². The standard InChI is InChI=1S/C9H12N2O3/c12-7(5-9(13)14)6-11-8-3-1-2-4-10-8/h1-4,7,12H,5-6H2,(H,10,11)(H,13,14). The summed E-state index contributed by atoms with van der Waals surface area (Å²) in [6.45, 7) is 0.184. The SMILES string of the molecule is O=C(O)CC(O)CNc1ccccn1. The molecule has 1 rings (SSSR count). The lowest BCUT2D eigenvalue weighted by Crippen LogP contribution is -2.22. The fraction of sp³-hybridized carbons (Fsp3) is 0.333. The average molecular weight is 196 g/mol. The molecule has 76 valence electrons. The van der Waals surface area contributed by atoms with Gasteiger partial charge in [0.05, 0.1) is 12.5 Å². The maximum atomic E-state index is 10.2. The van der Waals surface area contributed by atoms with Crippen LogP contribution in [0, 0.1) is 0 Å². The predicted octanol–water partition coefficient (Wildman–Crippen LogP) is 0.329. The highest BCUT2D eigenvalue weighted by molar-refractivity contribution is 5.67. The van der Waals surface area contributed by atoms with E-state index in [0.717, 1.165) is 0 Å². The third-order valence-corrected chi connectivity index (χ3v) is 1.59. The molecule has 1 unspecified atom stereocenters. The van der Waals surface area contributed by atoms with Crippen molar-refractivity contribution in [2.75, 3.05) is 11.9 Å². The van der Waals surface area contributed by atoms with Gasteiger partial charge in [-0.3, -0.25) is 4.79 Å². The molecule has 3 N–H and O–H groups in total. The van der Waals surface area contributed by atoms with Crippen LogP contribution in [0.4, 0.5) is 5.82 Å². The molecular weight excluding hydrogens is 184 g/mol. The van der Waals surface area contributed by atoms with E-state index in [1.165, 1.54) is 0 Å². The summed E-state index contributed by atoms with van der Waals surface area (Å²) < 4.78 is 0.